The maximum Gasteiger partial charge on any atom is 0.312 e. The molecule has 2 aromatic rings. The van der Waals surface area contributed by atoms with Crippen LogP contribution in [0.15, 0.2) is 54.9 Å². The normalized spacial score (nSPS) is 27.7. The molecule has 1 aliphatic heterocycles. The van der Waals surface area contributed by atoms with E-state index in [-0.39, 0.29) is 29.7 Å². The average Bonchev–Trinajstić information content (AvgIpc) is 3.27. The number of β-amino-alcohol motifs (C(OH)–C–C–N with tert-alkyl or cyclic N) is 1. The van der Waals surface area contributed by atoms with Crippen molar-refractivity contribution in [1.29, 1.82) is 0 Å². The van der Waals surface area contributed by atoms with Crippen LogP contribution in [0.25, 0.3) is 0 Å². The third kappa shape index (κ3) is 4.01. The van der Waals surface area contributed by atoms with E-state index in [4.69, 9.17) is 5.73 Å². The van der Waals surface area contributed by atoms with Crippen LogP contribution in [0.4, 0.5) is 4.79 Å². The molecule has 1 aliphatic carbocycles. The number of amides is 3. The second-order valence-electron chi connectivity index (χ2n) is 8.18. The van der Waals surface area contributed by atoms with Crippen molar-refractivity contribution in [2.45, 2.75) is 18.6 Å². The lowest BCUT2D eigenvalue weighted by atomic mass is 9.95. The Morgan fingerprint density at radius 3 is 2.70 bits per heavy atom. The molecular weight excluding hydrogens is 382 g/mol. The van der Waals surface area contributed by atoms with Gasteiger partial charge in [0.2, 0.25) is 5.91 Å². The number of hydrogen-bond donors (Lipinski definition) is 4. The molecule has 2 fully saturated rings. The van der Waals surface area contributed by atoms with Gasteiger partial charge in [-0.15, -0.1) is 0 Å². The van der Waals surface area contributed by atoms with Gasteiger partial charge in [0.25, 0.3) is 0 Å². The van der Waals surface area contributed by atoms with Crippen molar-refractivity contribution in [2.24, 2.45) is 17.1 Å². The summed E-state index contributed by atoms with van der Waals surface area (Å²) in [4.78, 5) is 29.3. The SMILES string of the molecule is NC(=O)NCC(=O)NC[C@@H]1[C@@H](c2ccccc2)[C@]12CN(Cc1cccnc1)C[C@@H]2O. The second kappa shape index (κ2) is 8.41. The molecule has 1 spiro atoms. The van der Waals surface area contributed by atoms with Gasteiger partial charge in [0, 0.05) is 44.0 Å². The van der Waals surface area contributed by atoms with Gasteiger partial charge < -0.3 is 21.5 Å². The highest BCUT2D eigenvalue weighted by Gasteiger charge is 2.70. The van der Waals surface area contributed by atoms with Gasteiger partial charge in [-0.05, 0) is 29.0 Å². The van der Waals surface area contributed by atoms with E-state index in [2.05, 4.69) is 32.7 Å². The van der Waals surface area contributed by atoms with E-state index in [0.29, 0.717) is 13.1 Å². The lowest BCUT2D eigenvalue weighted by molar-refractivity contribution is -0.120. The topological polar surface area (TPSA) is 121 Å². The zero-order valence-electron chi connectivity index (χ0n) is 16.7. The molecule has 3 amide bonds. The van der Waals surface area contributed by atoms with E-state index >= 15 is 0 Å². The lowest BCUT2D eigenvalue weighted by Gasteiger charge is -2.17. The summed E-state index contributed by atoms with van der Waals surface area (Å²) in [5, 5.41) is 16.3. The van der Waals surface area contributed by atoms with Gasteiger partial charge in [0.05, 0.1) is 12.6 Å². The van der Waals surface area contributed by atoms with Crippen LogP contribution in [-0.2, 0) is 11.3 Å². The molecule has 5 N–H and O–H groups in total. The number of carbonyl (C=O) groups is 2. The second-order valence-corrected chi connectivity index (χ2v) is 8.18. The van der Waals surface area contributed by atoms with Gasteiger partial charge in [-0.25, -0.2) is 4.79 Å². The molecule has 1 saturated carbocycles. The van der Waals surface area contributed by atoms with Crippen LogP contribution in [0.2, 0.25) is 0 Å². The van der Waals surface area contributed by atoms with E-state index in [9.17, 15) is 14.7 Å². The monoisotopic (exact) mass is 409 g/mol. The molecular formula is C22H27N5O3. The summed E-state index contributed by atoms with van der Waals surface area (Å²) >= 11 is 0. The number of hydrogen-bond acceptors (Lipinski definition) is 5. The van der Waals surface area contributed by atoms with Crippen LogP contribution >= 0.6 is 0 Å². The summed E-state index contributed by atoms with van der Waals surface area (Å²) in [6, 6.07) is 13.4. The fourth-order valence-electron chi connectivity index (χ4n) is 5.02. The quantitative estimate of drug-likeness (QED) is 0.529. The van der Waals surface area contributed by atoms with Crippen LogP contribution in [0, 0.1) is 11.3 Å². The number of benzene rings is 1. The van der Waals surface area contributed by atoms with E-state index in [1.807, 2.05) is 36.5 Å². The number of rotatable bonds is 7. The van der Waals surface area contributed by atoms with E-state index < -0.39 is 12.1 Å². The molecule has 0 bridgehead atoms. The highest BCUT2D eigenvalue weighted by molar-refractivity contribution is 5.83. The number of nitrogens with zero attached hydrogens (tertiary/aromatic N) is 2. The Balaban J connectivity index is 1.47. The van der Waals surface area contributed by atoms with Crippen molar-refractivity contribution in [1.82, 2.24) is 20.5 Å². The van der Waals surface area contributed by atoms with Crippen LogP contribution < -0.4 is 16.4 Å². The molecule has 4 atom stereocenters. The lowest BCUT2D eigenvalue weighted by Crippen LogP contribution is -2.40. The summed E-state index contributed by atoms with van der Waals surface area (Å²) in [6.07, 6.45) is 3.12. The maximum absolute atomic E-state index is 12.1. The number of aliphatic hydroxyl groups excluding tert-OH is 1. The van der Waals surface area contributed by atoms with Crippen LogP contribution in [0.5, 0.6) is 0 Å². The van der Waals surface area contributed by atoms with Gasteiger partial charge in [-0.1, -0.05) is 36.4 Å². The van der Waals surface area contributed by atoms with Crippen molar-refractivity contribution in [3.63, 3.8) is 0 Å². The molecule has 8 nitrogen and oxygen atoms in total. The molecule has 2 heterocycles. The first kappa shape index (κ1) is 20.3. The van der Waals surface area contributed by atoms with E-state index in [0.717, 1.165) is 18.7 Å². The third-order valence-corrected chi connectivity index (χ3v) is 6.34. The smallest absolute Gasteiger partial charge is 0.312 e. The fourth-order valence-corrected chi connectivity index (χ4v) is 5.02. The number of urea groups is 1. The van der Waals surface area contributed by atoms with Gasteiger partial charge in [0.1, 0.15) is 0 Å². The number of pyridine rings is 1. The van der Waals surface area contributed by atoms with Crippen LogP contribution in [0.3, 0.4) is 0 Å². The van der Waals surface area contributed by atoms with Gasteiger partial charge >= 0.3 is 6.03 Å². The molecule has 1 aromatic heterocycles. The third-order valence-electron chi connectivity index (χ3n) is 6.34. The standard InChI is InChI=1S/C22H27N5O3/c23-21(30)26-11-19(29)25-10-17-20(16-6-2-1-3-7-16)22(17)14-27(13-18(22)28)12-15-5-4-8-24-9-15/h1-9,17-18,20,28H,10-14H2,(H,25,29)(H3,23,26,30)/t17-,18+,20-,22-/m1/s1. The van der Waals surface area contributed by atoms with Crippen molar-refractivity contribution < 1.29 is 14.7 Å². The Labute approximate surface area is 175 Å². The minimum absolute atomic E-state index is 0.117. The molecule has 1 aromatic carbocycles. The summed E-state index contributed by atoms with van der Waals surface area (Å²) in [5.41, 5.74) is 7.01. The number of aliphatic hydroxyl groups is 1. The zero-order chi connectivity index (χ0) is 21.1. The molecule has 4 rings (SSSR count). The average molecular weight is 409 g/mol. The molecule has 1 saturated heterocycles. The van der Waals surface area contributed by atoms with E-state index in [1.165, 1.54) is 5.56 Å². The largest absolute Gasteiger partial charge is 0.391 e. The Morgan fingerprint density at radius 2 is 2.00 bits per heavy atom. The summed E-state index contributed by atoms with van der Waals surface area (Å²) in [6.45, 7) is 2.36. The summed E-state index contributed by atoms with van der Waals surface area (Å²) in [5.74, 6) is -0.00862. The molecule has 2 aliphatic rings. The number of nitrogens with two attached hydrogens (primary N) is 1. The van der Waals surface area contributed by atoms with Gasteiger partial charge in [0.15, 0.2) is 0 Å². The number of likely N-dealkylation sites (tertiary alicyclic amines) is 1. The molecule has 0 radical (unpaired) electrons. The van der Waals surface area contributed by atoms with Crippen molar-refractivity contribution in [3.8, 4) is 0 Å². The van der Waals surface area contributed by atoms with Crippen molar-refractivity contribution in [2.75, 3.05) is 26.2 Å². The van der Waals surface area contributed by atoms with E-state index in [1.54, 1.807) is 6.20 Å². The first-order valence-corrected chi connectivity index (χ1v) is 10.1. The van der Waals surface area contributed by atoms with Crippen molar-refractivity contribution >= 4 is 11.9 Å². The Morgan fingerprint density at radius 1 is 1.20 bits per heavy atom. The summed E-state index contributed by atoms with van der Waals surface area (Å²) < 4.78 is 0. The highest BCUT2D eigenvalue weighted by atomic mass is 16.3. The first-order valence-electron chi connectivity index (χ1n) is 10.1. The fraction of sp³-hybridized carbons (Fsp3) is 0.409. The predicted molar refractivity (Wildman–Crippen MR) is 111 cm³/mol. The van der Waals surface area contributed by atoms with Gasteiger partial charge in [-0.2, -0.15) is 0 Å². The highest BCUT2D eigenvalue weighted by Crippen LogP contribution is 2.68. The molecule has 158 valence electrons. The number of nitrogens with one attached hydrogen (secondary N) is 2. The van der Waals surface area contributed by atoms with Gasteiger partial charge in [-0.3, -0.25) is 14.7 Å². The Hall–Kier alpha value is -2.97. The molecule has 30 heavy (non-hydrogen) atoms. The molecule has 0 unspecified atom stereocenters. The number of aromatic nitrogens is 1. The summed E-state index contributed by atoms with van der Waals surface area (Å²) in [7, 11) is 0. The Kier molecular flexibility index (Phi) is 5.69. The van der Waals surface area contributed by atoms with Crippen molar-refractivity contribution in [3.05, 3.63) is 66.0 Å². The first-order chi connectivity index (χ1) is 14.5. The molecule has 8 heteroatoms. The number of primary amides is 1. The minimum atomic E-state index is -0.729. The maximum atomic E-state index is 12.1. The Bertz CT molecular complexity index is 894. The van der Waals surface area contributed by atoms with Crippen LogP contribution in [-0.4, -0.2) is 59.2 Å². The number of carbonyl (C=O) groups excluding carboxylic acids is 2. The van der Waals surface area contributed by atoms with Crippen LogP contribution in [0.1, 0.15) is 17.0 Å². The predicted octanol–water partition coefficient (Wildman–Crippen LogP) is 0.443. The zero-order valence-corrected chi connectivity index (χ0v) is 16.7. The minimum Gasteiger partial charge on any atom is -0.391 e.